The predicted octanol–water partition coefficient (Wildman–Crippen LogP) is 1.38. The molecule has 2 aliphatic rings. The minimum absolute atomic E-state index is 0.0435. The molecule has 5 nitrogen and oxygen atoms in total. The highest BCUT2D eigenvalue weighted by Crippen LogP contribution is 2.28. The summed E-state index contributed by atoms with van der Waals surface area (Å²) < 4.78 is 38.5. The Bertz CT molecular complexity index is 611. The van der Waals surface area contributed by atoms with Crippen molar-refractivity contribution < 1.29 is 23.0 Å². The van der Waals surface area contributed by atoms with Crippen LogP contribution < -0.4 is 4.74 Å². The zero-order chi connectivity index (χ0) is 16.6. The van der Waals surface area contributed by atoms with Crippen molar-refractivity contribution in [1.29, 1.82) is 0 Å². The fourth-order valence-electron chi connectivity index (χ4n) is 3.37. The molecule has 2 heterocycles. The van der Waals surface area contributed by atoms with Gasteiger partial charge in [-0.15, -0.1) is 0 Å². The van der Waals surface area contributed by atoms with Crippen molar-refractivity contribution in [2.24, 2.45) is 5.92 Å². The second kappa shape index (κ2) is 6.41. The third-order valence-corrected chi connectivity index (χ3v) is 4.40. The van der Waals surface area contributed by atoms with E-state index in [0.717, 1.165) is 12.6 Å². The fraction of sp³-hybridized carbons (Fsp3) is 0.562. The van der Waals surface area contributed by atoms with Gasteiger partial charge < -0.3 is 19.3 Å². The lowest BCUT2D eigenvalue weighted by Crippen LogP contribution is -2.46. The summed E-state index contributed by atoms with van der Waals surface area (Å²) in [5, 5.41) is 0. The molecule has 0 radical (unpaired) electrons. The quantitative estimate of drug-likeness (QED) is 0.823. The number of ether oxygens (including phenoxy) is 2. The Balaban J connectivity index is 1.98. The first-order valence-corrected chi connectivity index (χ1v) is 7.60. The van der Waals surface area contributed by atoms with Gasteiger partial charge in [-0.2, -0.15) is 0 Å². The molecule has 0 spiro atoms. The average Bonchev–Trinajstić information content (AvgIpc) is 2.79. The number of rotatable bonds is 2. The minimum atomic E-state index is -1.16. The number of nitrogens with zero attached hydrogens (tertiary/aromatic N) is 2. The second-order valence-electron chi connectivity index (χ2n) is 6.17. The van der Waals surface area contributed by atoms with Crippen LogP contribution in [0.5, 0.6) is 5.75 Å². The lowest BCUT2D eigenvalue weighted by Gasteiger charge is -2.30. The molecule has 0 N–H and O–H groups in total. The molecule has 2 atom stereocenters. The number of fused-ring (bicyclic) bond motifs is 3. The standard InChI is InChI=1S/C16H20F2N2O3/c1-19-5-10-6-20(11(7-19)9-23-8-10)16(21)14-13(22-2)4-3-12(17)15(14)18/h3-4,10-11H,5-9H2,1-2H3/t10-,11-/m0/s1. The lowest BCUT2D eigenvalue weighted by molar-refractivity contribution is 0.0478. The molecule has 126 valence electrons. The summed E-state index contributed by atoms with van der Waals surface area (Å²) in [6, 6.07) is 2.05. The highest BCUT2D eigenvalue weighted by atomic mass is 19.2. The number of methoxy groups -OCH3 is 1. The van der Waals surface area contributed by atoms with E-state index in [0.29, 0.717) is 26.3 Å². The van der Waals surface area contributed by atoms with E-state index in [1.165, 1.54) is 13.2 Å². The SMILES string of the molecule is COc1ccc(F)c(F)c1C(=O)N1C[C@H]2COC[C@@H]1CN(C)C2. The van der Waals surface area contributed by atoms with Crippen LogP contribution in [0.15, 0.2) is 12.1 Å². The van der Waals surface area contributed by atoms with Crippen LogP contribution in [0.2, 0.25) is 0 Å². The normalized spacial score (nSPS) is 25.1. The van der Waals surface area contributed by atoms with E-state index in [2.05, 4.69) is 4.90 Å². The summed E-state index contributed by atoms with van der Waals surface area (Å²) in [5.41, 5.74) is -0.345. The van der Waals surface area contributed by atoms with Gasteiger partial charge in [-0.25, -0.2) is 8.78 Å². The maximum atomic E-state index is 14.2. The topological polar surface area (TPSA) is 42.0 Å². The van der Waals surface area contributed by atoms with Crippen LogP contribution in [-0.4, -0.2) is 68.8 Å². The van der Waals surface area contributed by atoms with E-state index in [9.17, 15) is 13.6 Å². The molecule has 2 bridgehead atoms. The second-order valence-corrected chi connectivity index (χ2v) is 6.17. The Morgan fingerprint density at radius 2 is 2.04 bits per heavy atom. The zero-order valence-corrected chi connectivity index (χ0v) is 13.2. The molecule has 7 heteroatoms. The maximum absolute atomic E-state index is 14.2. The molecule has 2 saturated heterocycles. The first-order valence-electron chi connectivity index (χ1n) is 7.60. The summed E-state index contributed by atoms with van der Waals surface area (Å²) in [6.45, 7) is 2.87. The lowest BCUT2D eigenvalue weighted by atomic mass is 10.1. The number of halogens is 2. The van der Waals surface area contributed by atoms with E-state index in [-0.39, 0.29) is 23.3 Å². The van der Waals surface area contributed by atoms with Gasteiger partial charge in [0.25, 0.3) is 5.91 Å². The monoisotopic (exact) mass is 326 g/mol. The summed E-state index contributed by atoms with van der Waals surface area (Å²) in [7, 11) is 3.32. The molecule has 0 saturated carbocycles. The average molecular weight is 326 g/mol. The van der Waals surface area contributed by atoms with E-state index in [4.69, 9.17) is 9.47 Å². The van der Waals surface area contributed by atoms with Crippen molar-refractivity contribution in [2.75, 3.05) is 47.0 Å². The Hall–Kier alpha value is -1.73. The molecule has 0 unspecified atom stereocenters. The van der Waals surface area contributed by atoms with Gasteiger partial charge in [0, 0.05) is 25.6 Å². The number of likely N-dealkylation sites (N-methyl/N-ethyl adjacent to an activating group) is 1. The van der Waals surface area contributed by atoms with Crippen LogP contribution in [0.1, 0.15) is 10.4 Å². The van der Waals surface area contributed by atoms with Gasteiger partial charge in [0.15, 0.2) is 11.6 Å². The first kappa shape index (κ1) is 16.1. The van der Waals surface area contributed by atoms with Crippen LogP contribution in [0, 0.1) is 17.6 Å². The van der Waals surface area contributed by atoms with Gasteiger partial charge in [0.05, 0.1) is 26.4 Å². The Kier molecular flexibility index (Phi) is 4.50. The number of hydrogen-bond acceptors (Lipinski definition) is 4. The smallest absolute Gasteiger partial charge is 0.261 e. The number of amides is 1. The summed E-state index contributed by atoms with van der Waals surface area (Å²) in [6.07, 6.45) is 0. The molecule has 0 aromatic heterocycles. The molecule has 3 rings (SSSR count). The van der Waals surface area contributed by atoms with E-state index in [1.54, 1.807) is 4.90 Å². The minimum Gasteiger partial charge on any atom is -0.496 e. The van der Waals surface area contributed by atoms with Gasteiger partial charge in [-0.3, -0.25) is 4.79 Å². The highest BCUT2D eigenvalue weighted by Gasteiger charge is 2.37. The van der Waals surface area contributed by atoms with Gasteiger partial charge in [-0.05, 0) is 19.2 Å². The predicted molar refractivity (Wildman–Crippen MR) is 79.5 cm³/mol. The third kappa shape index (κ3) is 3.03. The molecule has 0 aliphatic carbocycles. The van der Waals surface area contributed by atoms with Gasteiger partial charge in [0.2, 0.25) is 0 Å². The van der Waals surface area contributed by atoms with E-state index < -0.39 is 17.5 Å². The van der Waals surface area contributed by atoms with Crippen LogP contribution in [0.4, 0.5) is 8.78 Å². The largest absolute Gasteiger partial charge is 0.496 e. The van der Waals surface area contributed by atoms with Gasteiger partial charge in [-0.1, -0.05) is 0 Å². The van der Waals surface area contributed by atoms with E-state index >= 15 is 0 Å². The molecule has 23 heavy (non-hydrogen) atoms. The van der Waals surface area contributed by atoms with Crippen LogP contribution in [0.25, 0.3) is 0 Å². The summed E-state index contributed by atoms with van der Waals surface area (Å²) >= 11 is 0. The fourth-order valence-corrected chi connectivity index (χ4v) is 3.37. The van der Waals surface area contributed by atoms with Crippen molar-refractivity contribution >= 4 is 5.91 Å². The maximum Gasteiger partial charge on any atom is 0.261 e. The number of benzene rings is 1. The number of carbonyl (C=O) groups is 1. The van der Waals surface area contributed by atoms with Gasteiger partial charge >= 0.3 is 0 Å². The highest BCUT2D eigenvalue weighted by molar-refractivity contribution is 5.97. The number of carbonyl (C=O) groups excluding carboxylic acids is 1. The zero-order valence-electron chi connectivity index (χ0n) is 13.2. The molecule has 2 aliphatic heterocycles. The van der Waals surface area contributed by atoms with Crippen LogP contribution >= 0.6 is 0 Å². The molecule has 2 fully saturated rings. The Labute approximate surface area is 133 Å². The number of hydrogen-bond donors (Lipinski definition) is 0. The molecule has 1 amide bonds. The van der Waals surface area contributed by atoms with Crippen LogP contribution in [-0.2, 0) is 4.74 Å². The summed E-state index contributed by atoms with van der Waals surface area (Å²) in [4.78, 5) is 16.7. The van der Waals surface area contributed by atoms with Crippen LogP contribution in [0.3, 0.4) is 0 Å². The molecular formula is C16H20F2N2O3. The van der Waals surface area contributed by atoms with E-state index in [1.807, 2.05) is 7.05 Å². The molecule has 1 aromatic rings. The first-order chi connectivity index (χ1) is 11.0. The third-order valence-electron chi connectivity index (χ3n) is 4.40. The van der Waals surface area contributed by atoms with Crippen molar-refractivity contribution in [3.63, 3.8) is 0 Å². The van der Waals surface area contributed by atoms with Crippen molar-refractivity contribution in [3.8, 4) is 5.75 Å². The molecular weight excluding hydrogens is 306 g/mol. The Morgan fingerprint density at radius 3 is 2.78 bits per heavy atom. The van der Waals surface area contributed by atoms with Crippen molar-refractivity contribution in [1.82, 2.24) is 9.80 Å². The Morgan fingerprint density at radius 1 is 1.26 bits per heavy atom. The van der Waals surface area contributed by atoms with Crippen molar-refractivity contribution in [2.45, 2.75) is 6.04 Å². The molecule has 1 aromatic carbocycles. The summed E-state index contributed by atoms with van der Waals surface area (Å²) in [5.74, 6) is -2.57. The van der Waals surface area contributed by atoms with Crippen molar-refractivity contribution in [3.05, 3.63) is 29.3 Å². The van der Waals surface area contributed by atoms with Gasteiger partial charge in [0.1, 0.15) is 11.3 Å².